The van der Waals surface area contributed by atoms with Crippen LogP contribution in [0.1, 0.15) is 17.2 Å². The summed E-state index contributed by atoms with van der Waals surface area (Å²) in [4.78, 5) is 7.70. The minimum Gasteiger partial charge on any atom is -0.362 e. The number of fused-ring (bicyclic) bond motifs is 6. The SMILES string of the molecule is CN1c2c(ccc3ccc(-c4ccc(-c5c(-c6ccccc6)n6ncc(-c7ccccc7)c6c6ccccc56)cc4)nc23)C=CC1c1ccccc1. The van der Waals surface area contributed by atoms with Crippen LogP contribution < -0.4 is 4.90 Å². The van der Waals surface area contributed by atoms with Gasteiger partial charge in [0.25, 0.3) is 0 Å². The van der Waals surface area contributed by atoms with Crippen molar-refractivity contribution in [2.24, 2.45) is 0 Å². The van der Waals surface area contributed by atoms with Gasteiger partial charge in [0.2, 0.25) is 0 Å². The highest BCUT2D eigenvalue weighted by Gasteiger charge is 2.24. The lowest BCUT2D eigenvalue weighted by Gasteiger charge is -2.33. The standard InChI is InChI=1S/C48H34N4/c1-51-43(34-15-7-3-8-16-34)30-28-38-26-25-36-27-29-42(50-45(36)47(38)51)33-21-23-35(24-22-33)44-39-19-11-12-20-40(39)48-41(32-13-5-2-6-14-32)31-49-52(48)46(44)37-17-9-4-10-18-37/h2-31,43H,1H3. The molecule has 6 aromatic carbocycles. The first-order valence-electron chi connectivity index (χ1n) is 17.8. The van der Waals surface area contributed by atoms with Crippen molar-refractivity contribution in [1.29, 1.82) is 0 Å². The third-order valence-corrected chi connectivity index (χ3v) is 10.5. The lowest BCUT2D eigenvalue weighted by Crippen LogP contribution is -2.25. The smallest absolute Gasteiger partial charge is 0.0949 e. The average Bonchev–Trinajstić information content (AvgIpc) is 3.66. The Labute approximate surface area is 302 Å². The second-order valence-electron chi connectivity index (χ2n) is 13.5. The summed E-state index contributed by atoms with van der Waals surface area (Å²) in [5, 5.41) is 8.56. The highest BCUT2D eigenvalue weighted by atomic mass is 15.2. The maximum absolute atomic E-state index is 5.34. The molecule has 0 spiro atoms. The highest BCUT2D eigenvalue weighted by molar-refractivity contribution is 6.13. The molecular formula is C48H34N4. The van der Waals surface area contributed by atoms with Gasteiger partial charge < -0.3 is 4.90 Å². The van der Waals surface area contributed by atoms with E-state index < -0.39 is 0 Å². The van der Waals surface area contributed by atoms with Gasteiger partial charge in [0.15, 0.2) is 0 Å². The average molecular weight is 667 g/mol. The molecule has 1 aliphatic heterocycles. The van der Waals surface area contributed by atoms with E-state index in [0.717, 1.165) is 66.9 Å². The van der Waals surface area contributed by atoms with Crippen LogP contribution in [0.15, 0.2) is 176 Å². The Bertz CT molecular complexity index is 2780. The Morgan fingerprint density at radius 1 is 0.558 bits per heavy atom. The maximum Gasteiger partial charge on any atom is 0.0949 e. The van der Waals surface area contributed by atoms with Crippen molar-refractivity contribution < 1.29 is 0 Å². The normalized spacial score (nSPS) is 13.9. The molecule has 4 heterocycles. The number of benzene rings is 6. The fourth-order valence-electron chi connectivity index (χ4n) is 8.01. The van der Waals surface area contributed by atoms with Gasteiger partial charge in [0, 0.05) is 40.1 Å². The number of likely N-dealkylation sites (N-methyl/N-ethyl adjacent to an activating group) is 1. The van der Waals surface area contributed by atoms with Gasteiger partial charge in [-0.2, -0.15) is 5.10 Å². The van der Waals surface area contributed by atoms with Crippen LogP contribution in [0.3, 0.4) is 0 Å². The van der Waals surface area contributed by atoms with Crippen LogP contribution in [-0.2, 0) is 0 Å². The second-order valence-corrected chi connectivity index (χ2v) is 13.5. The molecule has 1 aliphatic rings. The molecule has 4 nitrogen and oxygen atoms in total. The number of anilines is 1. The minimum absolute atomic E-state index is 0.147. The Kier molecular flexibility index (Phi) is 7.07. The van der Waals surface area contributed by atoms with Crippen molar-refractivity contribution in [3.05, 3.63) is 187 Å². The first kappa shape index (κ1) is 30.1. The topological polar surface area (TPSA) is 33.4 Å². The van der Waals surface area contributed by atoms with Crippen LogP contribution in [-0.4, -0.2) is 21.6 Å². The molecule has 0 bridgehead atoms. The highest BCUT2D eigenvalue weighted by Crippen LogP contribution is 2.44. The molecule has 9 aromatic rings. The number of hydrogen-bond acceptors (Lipinski definition) is 3. The zero-order valence-electron chi connectivity index (χ0n) is 28.7. The van der Waals surface area contributed by atoms with E-state index in [1.165, 1.54) is 21.9 Å². The van der Waals surface area contributed by atoms with E-state index in [-0.39, 0.29) is 6.04 Å². The van der Waals surface area contributed by atoms with E-state index in [9.17, 15) is 0 Å². The van der Waals surface area contributed by atoms with Crippen LogP contribution >= 0.6 is 0 Å². The Morgan fingerprint density at radius 2 is 1.19 bits per heavy atom. The third-order valence-electron chi connectivity index (χ3n) is 10.5. The summed E-state index contributed by atoms with van der Waals surface area (Å²) in [6.45, 7) is 0. The first-order valence-corrected chi connectivity index (χ1v) is 17.8. The van der Waals surface area contributed by atoms with E-state index in [0.29, 0.717) is 0 Å². The van der Waals surface area contributed by atoms with Gasteiger partial charge >= 0.3 is 0 Å². The van der Waals surface area contributed by atoms with Crippen molar-refractivity contribution in [3.8, 4) is 44.8 Å². The number of nitrogens with zero attached hydrogens (tertiary/aromatic N) is 4. The summed E-state index contributed by atoms with van der Waals surface area (Å²) in [6.07, 6.45) is 6.53. The molecule has 0 fully saturated rings. The molecular weight excluding hydrogens is 633 g/mol. The lowest BCUT2D eigenvalue weighted by molar-refractivity contribution is 0.807. The van der Waals surface area contributed by atoms with E-state index in [1.807, 2.05) is 6.20 Å². The number of pyridine rings is 2. The molecule has 0 radical (unpaired) electrons. The quantitative estimate of drug-likeness (QED) is 0.183. The van der Waals surface area contributed by atoms with E-state index in [1.54, 1.807) is 0 Å². The van der Waals surface area contributed by atoms with Gasteiger partial charge in [0.05, 0.1) is 40.3 Å². The van der Waals surface area contributed by atoms with Gasteiger partial charge in [-0.05, 0) is 33.7 Å². The zero-order valence-corrected chi connectivity index (χ0v) is 28.7. The van der Waals surface area contributed by atoms with Gasteiger partial charge in [-0.15, -0.1) is 0 Å². The van der Waals surface area contributed by atoms with Crippen molar-refractivity contribution >= 4 is 39.0 Å². The van der Waals surface area contributed by atoms with Gasteiger partial charge in [0.1, 0.15) is 0 Å². The summed E-state index contributed by atoms with van der Waals surface area (Å²) >= 11 is 0. The molecule has 0 amide bonds. The Hall–Kier alpha value is -6.78. The minimum atomic E-state index is 0.147. The third kappa shape index (κ3) is 4.84. The van der Waals surface area contributed by atoms with Crippen LogP contribution in [0.4, 0.5) is 5.69 Å². The molecule has 3 aromatic heterocycles. The fraction of sp³-hybridized carbons (Fsp3) is 0.0417. The maximum atomic E-state index is 5.34. The summed E-state index contributed by atoms with van der Waals surface area (Å²) < 4.78 is 2.14. The number of rotatable bonds is 5. The van der Waals surface area contributed by atoms with Crippen molar-refractivity contribution in [2.75, 3.05) is 11.9 Å². The Morgan fingerprint density at radius 3 is 1.94 bits per heavy atom. The molecule has 4 heteroatoms. The molecule has 246 valence electrons. The van der Waals surface area contributed by atoms with Crippen molar-refractivity contribution in [1.82, 2.24) is 14.6 Å². The predicted octanol–water partition coefficient (Wildman–Crippen LogP) is 11.9. The van der Waals surface area contributed by atoms with Gasteiger partial charge in [-0.1, -0.05) is 170 Å². The fourth-order valence-corrected chi connectivity index (χ4v) is 8.01. The molecule has 0 N–H and O–H groups in total. The van der Waals surface area contributed by atoms with Crippen LogP contribution in [0.25, 0.3) is 78.0 Å². The molecule has 1 unspecified atom stereocenters. The Balaban J connectivity index is 1.12. The van der Waals surface area contributed by atoms with Crippen LogP contribution in [0.5, 0.6) is 0 Å². The molecule has 1 atom stereocenters. The summed E-state index contributed by atoms with van der Waals surface area (Å²) in [7, 11) is 2.18. The molecule has 0 saturated heterocycles. The molecule has 0 aliphatic carbocycles. The summed E-state index contributed by atoms with van der Waals surface area (Å²) in [5.41, 5.74) is 14.5. The van der Waals surface area contributed by atoms with Crippen molar-refractivity contribution in [3.63, 3.8) is 0 Å². The predicted molar refractivity (Wildman–Crippen MR) is 216 cm³/mol. The van der Waals surface area contributed by atoms with E-state index in [4.69, 9.17) is 10.1 Å². The van der Waals surface area contributed by atoms with Gasteiger partial charge in [-0.25, -0.2) is 9.50 Å². The monoisotopic (exact) mass is 666 g/mol. The van der Waals surface area contributed by atoms with Gasteiger partial charge in [-0.3, -0.25) is 0 Å². The summed E-state index contributed by atoms with van der Waals surface area (Å²) in [5.74, 6) is 0. The van der Waals surface area contributed by atoms with E-state index in [2.05, 4.69) is 192 Å². The van der Waals surface area contributed by atoms with Crippen LogP contribution in [0.2, 0.25) is 0 Å². The molecule has 52 heavy (non-hydrogen) atoms. The molecule has 0 saturated carbocycles. The zero-order chi connectivity index (χ0) is 34.6. The lowest BCUT2D eigenvalue weighted by atomic mass is 9.91. The number of aromatic nitrogens is 3. The second kappa shape index (κ2) is 12.2. The first-order chi connectivity index (χ1) is 25.7. The molecule has 10 rings (SSSR count). The number of hydrogen-bond donors (Lipinski definition) is 0. The van der Waals surface area contributed by atoms with Crippen LogP contribution in [0, 0.1) is 0 Å². The summed E-state index contributed by atoms with van der Waals surface area (Å²) in [6, 6.07) is 58.4. The van der Waals surface area contributed by atoms with E-state index >= 15 is 0 Å². The van der Waals surface area contributed by atoms with Crippen molar-refractivity contribution in [2.45, 2.75) is 6.04 Å². The largest absolute Gasteiger partial charge is 0.362 e.